The third-order valence-corrected chi connectivity index (χ3v) is 4.63. The lowest BCUT2D eigenvalue weighted by Gasteiger charge is -2.20. The Labute approximate surface area is 126 Å². The third kappa shape index (κ3) is 2.52. The molecule has 1 atom stereocenters. The Kier molecular flexibility index (Phi) is 3.33. The Balaban J connectivity index is 1.51. The van der Waals surface area contributed by atoms with Crippen LogP contribution in [0.5, 0.6) is 0 Å². The number of hydrogen-bond donors (Lipinski definition) is 0. The molecule has 3 aromatic heterocycles. The van der Waals surface area contributed by atoms with Crippen molar-refractivity contribution in [2.75, 3.05) is 6.54 Å². The van der Waals surface area contributed by atoms with Crippen LogP contribution in [-0.4, -0.2) is 21.6 Å². The normalized spacial score (nSPS) is 19.3. The standard InChI is InChI=1S/C15H15N3O2S/c1-4-11(12-5-2-8-19-12)18(7-1)10-14-16-17-15(20-14)13-6-3-9-21-13/h2-3,5-6,8-9,11H,1,4,7,10H2/t11-/m0/s1. The van der Waals surface area contributed by atoms with Crippen molar-refractivity contribution in [3.63, 3.8) is 0 Å². The van der Waals surface area contributed by atoms with E-state index < -0.39 is 0 Å². The van der Waals surface area contributed by atoms with E-state index in [1.807, 2.05) is 29.6 Å². The van der Waals surface area contributed by atoms with E-state index in [1.165, 1.54) is 0 Å². The molecule has 1 aliphatic rings. The maximum Gasteiger partial charge on any atom is 0.257 e. The summed E-state index contributed by atoms with van der Waals surface area (Å²) in [5.74, 6) is 2.29. The molecule has 6 heteroatoms. The van der Waals surface area contributed by atoms with E-state index in [4.69, 9.17) is 8.83 Å². The Morgan fingerprint density at radius 1 is 1.29 bits per heavy atom. The third-order valence-electron chi connectivity index (χ3n) is 3.77. The van der Waals surface area contributed by atoms with Crippen LogP contribution in [0.1, 0.15) is 30.5 Å². The average molecular weight is 301 g/mol. The zero-order valence-corrected chi connectivity index (χ0v) is 12.3. The van der Waals surface area contributed by atoms with Gasteiger partial charge in [-0.05, 0) is 43.0 Å². The summed E-state index contributed by atoms with van der Waals surface area (Å²) in [5.41, 5.74) is 0. The van der Waals surface area contributed by atoms with Crippen LogP contribution in [-0.2, 0) is 6.54 Å². The van der Waals surface area contributed by atoms with Gasteiger partial charge in [0.2, 0.25) is 5.89 Å². The molecule has 0 saturated carbocycles. The Morgan fingerprint density at radius 3 is 3.10 bits per heavy atom. The number of likely N-dealkylation sites (tertiary alicyclic amines) is 1. The first-order valence-electron chi connectivity index (χ1n) is 7.04. The minimum absolute atomic E-state index is 0.317. The summed E-state index contributed by atoms with van der Waals surface area (Å²) in [5, 5.41) is 10.3. The van der Waals surface area contributed by atoms with Crippen LogP contribution in [0.2, 0.25) is 0 Å². The van der Waals surface area contributed by atoms with Crippen LogP contribution in [0.15, 0.2) is 44.7 Å². The molecule has 1 fully saturated rings. The molecule has 4 rings (SSSR count). The molecule has 0 radical (unpaired) electrons. The predicted molar refractivity (Wildman–Crippen MR) is 78.7 cm³/mol. The second kappa shape index (κ2) is 5.46. The summed E-state index contributed by atoms with van der Waals surface area (Å²) < 4.78 is 11.3. The number of furan rings is 1. The molecular formula is C15H15N3O2S. The molecular weight excluding hydrogens is 286 g/mol. The molecule has 108 valence electrons. The van der Waals surface area contributed by atoms with Gasteiger partial charge in [-0.3, -0.25) is 4.90 Å². The molecule has 21 heavy (non-hydrogen) atoms. The first-order chi connectivity index (χ1) is 10.4. The van der Waals surface area contributed by atoms with E-state index in [0.29, 0.717) is 24.4 Å². The van der Waals surface area contributed by atoms with E-state index in [9.17, 15) is 0 Å². The monoisotopic (exact) mass is 301 g/mol. The highest BCUT2D eigenvalue weighted by Crippen LogP contribution is 2.33. The number of thiophene rings is 1. The molecule has 0 unspecified atom stereocenters. The number of rotatable bonds is 4. The molecule has 0 N–H and O–H groups in total. The van der Waals surface area contributed by atoms with Gasteiger partial charge in [0, 0.05) is 0 Å². The molecule has 0 amide bonds. The zero-order valence-electron chi connectivity index (χ0n) is 11.4. The van der Waals surface area contributed by atoms with E-state index >= 15 is 0 Å². The maximum absolute atomic E-state index is 5.77. The van der Waals surface area contributed by atoms with E-state index in [-0.39, 0.29) is 0 Å². The molecule has 0 bridgehead atoms. The smallest absolute Gasteiger partial charge is 0.257 e. The number of hydrogen-bond acceptors (Lipinski definition) is 6. The summed E-state index contributed by atoms with van der Waals surface area (Å²) in [6, 6.07) is 8.26. The summed E-state index contributed by atoms with van der Waals surface area (Å²) in [7, 11) is 0. The van der Waals surface area contributed by atoms with Gasteiger partial charge in [-0.15, -0.1) is 21.5 Å². The van der Waals surface area contributed by atoms with Crippen molar-refractivity contribution in [1.29, 1.82) is 0 Å². The Bertz CT molecular complexity index is 690. The van der Waals surface area contributed by atoms with E-state index in [1.54, 1.807) is 17.6 Å². The highest BCUT2D eigenvalue weighted by Gasteiger charge is 2.29. The molecule has 0 spiro atoms. The van der Waals surface area contributed by atoms with Crippen molar-refractivity contribution in [2.45, 2.75) is 25.4 Å². The lowest BCUT2D eigenvalue weighted by atomic mass is 10.2. The summed E-state index contributed by atoms with van der Waals surface area (Å²) in [4.78, 5) is 3.35. The van der Waals surface area contributed by atoms with Gasteiger partial charge >= 0.3 is 0 Å². The van der Waals surface area contributed by atoms with Gasteiger partial charge in [-0.2, -0.15) is 0 Å². The topological polar surface area (TPSA) is 55.3 Å². The van der Waals surface area contributed by atoms with Gasteiger partial charge in [-0.1, -0.05) is 6.07 Å². The minimum Gasteiger partial charge on any atom is -0.468 e. The highest BCUT2D eigenvalue weighted by atomic mass is 32.1. The van der Waals surface area contributed by atoms with Crippen LogP contribution < -0.4 is 0 Å². The first kappa shape index (κ1) is 12.8. The number of aromatic nitrogens is 2. The van der Waals surface area contributed by atoms with Gasteiger partial charge < -0.3 is 8.83 Å². The largest absolute Gasteiger partial charge is 0.468 e. The van der Waals surface area contributed by atoms with Gasteiger partial charge in [0.15, 0.2) is 0 Å². The summed E-state index contributed by atoms with van der Waals surface area (Å²) >= 11 is 1.61. The molecule has 1 aliphatic heterocycles. The lowest BCUT2D eigenvalue weighted by molar-refractivity contribution is 0.202. The van der Waals surface area contributed by atoms with Crippen molar-refractivity contribution in [3.05, 3.63) is 47.6 Å². The van der Waals surface area contributed by atoms with Crippen molar-refractivity contribution in [3.8, 4) is 10.8 Å². The average Bonchev–Trinajstić information content (AvgIpc) is 3.28. The highest BCUT2D eigenvalue weighted by molar-refractivity contribution is 7.13. The second-order valence-electron chi connectivity index (χ2n) is 5.12. The fourth-order valence-electron chi connectivity index (χ4n) is 2.81. The van der Waals surface area contributed by atoms with Crippen LogP contribution in [0, 0.1) is 0 Å². The quantitative estimate of drug-likeness (QED) is 0.735. The minimum atomic E-state index is 0.317. The van der Waals surface area contributed by atoms with Gasteiger partial charge in [-0.25, -0.2) is 0 Å². The predicted octanol–water partition coefficient (Wildman–Crippen LogP) is 3.73. The van der Waals surface area contributed by atoms with Crippen molar-refractivity contribution >= 4 is 11.3 Å². The Morgan fingerprint density at radius 2 is 2.29 bits per heavy atom. The van der Waals surface area contributed by atoms with Crippen LogP contribution in [0.25, 0.3) is 10.8 Å². The van der Waals surface area contributed by atoms with E-state index in [0.717, 1.165) is 30.0 Å². The summed E-state index contributed by atoms with van der Waals surface area (Å²) in [6.07, 6.45) is 4.00. The zero-order chi connectivity index (χ0) is 14.1. The SMILES string of the molecule is c1coc([C@@H]2CCCN2Cc2nnc(-c3cccs3)o2)c1. The molecule has 0 aromatic carbocycles. The van der Waals surface area contributed by atoms with Crippen LogP contribution >= 0.6 is 11.3 Å². The van der Waals surface area contributed by atoms with Gasteiger partial charge in [0.05, 0.1) is 23.7 Å². The maximum atomic E-state index is 5.77. The van der Waals surface area contributed by atoms with Gasteiger partial charge in [0.1, 0.15) is 5.76 Å². The second-order valence-corrected chi connectivity index (χ2v) is 6.07. The van der Waals surface area contributed by atoms with Crippen molar-refractivity contribution in [2.24, 2.45) is 0 Å². The molecule has 5 nitrogen and oxygen atoms in total. The fourth-order valence-corrected chi connectivity index (χ4v) is 3.45. The first-order valence-corrected chi connectivity index (χ1v) is 7.92. The molecule has 1 saturated heterocycles. The molecule has 3 aromatic rings. The molecule has 0 aliphatic carbocycles. The summed E-state index contributed by atoms with van der Waals surface area (Å²) in [6.45, 7) is 1.70. The van der Waals surface area contributed by atoms with Gasteiger partial charge in [0.25, 0.3) is 5.89 Å². The van der Waals surface area contributed by atoms with Crippen LogP contribution in [0.3, 0.4) is 0 Å². The Hall–Kier alpha value is -1.92. The van der Waals surface area contributed by atoms with Crippen LogP contribution in [0.4, 0.5) is 0 Å². The lowest BCUT2D eigenvalue weighted by Crippen LogP contribution is -2.22. The van der Waals surface area contributed by atoms with Crippen molar-refractivity contribution in [1.82, 2.24) is 15.1 Å². The van der Waals surface area contributed by atoms with Crippen molar-refractivity contribution < 1.29 is 8.83 Å². The number of nitrogens with zero attached hydrogens (tertiary/aromatic N) is 3. The fraction of sp³-hybridized carbons (Fsp3) is 0.333. The molecule has 4 heterocycles. The van der Waals surface area contributed by atoms with E-state index in [2.05, 4.69) is 15.1 Å².